The number of aromatic nitrogens is 1. The lowest BCUT2D eigenvalue weighted by atomic mass is 10.3. The molecule has 0 saturated heterocycles. The molecule has 0 N–H and O–H groups in total. The fourth-order valence-corrected chi connectivity index (χ4v) is 1.70. The monoisotopic (exact) mass is 319 g/mol. The number of hydrogen-bond donors (Lipinski definition) is 0. The van der Waals surface area contributed by atoms with Gasteiger partial charge in [0, 0.05) is 10.5 Å². The van der Waals surface area contributed by atoms with E-state index in [1.807, 2.05) is 6.07 Å². The Morgan fingerprint density at radius 3 is 2.74 bits per heavy atom. The molecule has 0 saturated carbocycles. The second-order valence-electron chi connectivity index (χ2n) is 3.46. The minimum atomic E-state index is -0.531. The molecule has 0 bridgehead atoms. The van der Waals surface area contributed by atoms with E-state index in [1.165, 1.54) is 30.5 Å². The summed E-state index contributed by atoms with van der Waals surface area (Å²) in [5, 5.41) is 19.5. The number of ether oxygens (including phenoxy) is 1. The molecule has 0 aliphatic heterocycles. The summed E-state index contributed by atoms with van der Waals surface area (Å²) in [4.78, 5) is 14.2. The lowest BCUT2D eigenvalue weighted by Crippen LogP contribution is -1.94. The van der Waals surface area contributed by atoms with Gasteiger partial charge in [-0.15, -0.1) is 0 Å². The lowest BCUT2D eigenvalue weighted by Gasteiger charge is -2.06. The summed E-state index contributed by atoms with van der Waals surface area (Å²) in [6.07, 6.45) is 1.34. The first-order chi connectivity index (χ1) is 9.10. The molecule has 0 fully saturated rings. The van der Waals surface area contributed by atoms with Crippen molar-refractivity contribution in [1.82, 2.24) is 4.98 Å². The third-order valence-corrected chi connectivity index (χ3v) is 2.69. The Morgan fingerprint density at radius 1 is 1.37 bits per heavy atom. The van der Waals surface area contributed by atoms with Gasteiger partial charge in [0.15, 0.2) is 0 Å². The van der Waals surface area contributed by atoms with Gasteiger partial charge in [0.2, 0.25) is 5.75 Å². The van der Waals surface area contributed by atoms with Crippen molar-refractivity contribution in [2.75, 3.05) is 0 Å². The van der Waals surface area contributed by atoms with Crippen LogP contribution in [0.15, 0.2) is 41.0 Å². The van der Waals surface area contributed by atoms with Crippen molar-refractivity contribution in [1.29, 1.82) is 5.26 Å². The summed E-state index contributed by atoms with van der Waals surface area (Å²) < 4.78 is 5.98. The molecule has 6 nitrogen and oxygen atoms in total. The molecule has 94 valence electrons. The Balaban J connectivity index is 2.32. The van der Waals surface area contributed by atoms with Gasteiger partial charge in [0.1, 0.15) is 17.5 Å². The Hall–Kier alpha value is -2.46. The highest BCUT2D eigenvalue weighted by molar-refractivity contribution is 9.10. The van der Waals surface area contributed by atoms with E-state index in [-0.39, 0.29) is 17.1 Å². The van der Waals surface area contributed by atoms with E-state index in [0.717, 1.165) is 0 Å². The van der Waals surface area contributed by atoms with Gasteiger partial charge in [-0.2, -0.15) is 5.26 Å². The number of nitrogens with zero attached hydrogens (tertiary/aromatic N) is 3. The number of halogens is 1. The van der Waals surface area contributed by atoms with Crippen molar-refractivity contribution in [3.63, 3.8) is 0 Å². The average molecular weight is 320 g/mol. The van der Waals surface area contributed by atoms with Crippen LogP contribution in [0.2, 0.25) is 0 Å². The van der Waals surface area contributed by atoms with Gasteiger partial charge in [0.25, 0.3) is 0 Å². The molecule has 1 heterocycles. The van der Waals surface area contributed by atoms with Gasteiger partial charge in [0.05, 0.1) is 11.1 Å². The molecule has 0 spiro atoms. The fraction of sp³-hybridized carbons (Fsp3) is 0. The first-order valence-corrected chi connectivity index (χ1v) is 5.87. The van der Waals surface area contributed by atoms with E-state index in [0.29, 0.717) is 10.2 Å². The van der Waals surface area contributed by atoms with Crippen LogP contribution in [0.5, 0.6) is 11.5 Å². The van der Waals surface area contributed by atoms with E-state index >= 15 is 0 Å². The van der Waals surface area contributed by atoms with E-state index < -0.39 is 4.92 Å². The minimum Gasteiger partial charge on any atom is -0.449 e. The predicted octanol–water partition coefficient (Wildman–Crippen LogP) is 3.42. The predicted molar refractivity (Wildman–Crippen MR) is 69.8 cm³/mol. The van der Waals surface area contributed by atoms with Crippen molar-refractivity contribution in [2.45, 2.75) is 0 Å². The zero-order valence-electron chi connectivity index (χ0n) is 9.41. The van der Waals surface area contributed by atoms with Crippen LogP contribution in [0.25, 0.3) is 0 Å². The SMILES string of the molecule is N#Cc1ccc(Oc2ccc(Br)cc2[N+](=O)[O-])cn1. The Kier molecular flexibility index (Phi) is 3.73. The number of pyridine rings is 1. The number of nitriles is 1. The molecule has 1 aromatic heterocycles. The molecule has 0 aliphatic rings. The number of nitro groups is 1. The first kappa shape index (κ1) is 13.0. The standard InChI is InChI=1S/C12H6BrN3O3/c13-8-1-4-12(11(5-8)16(17)18)19-10-3-2-9(6-14)15-7-10/h1-5,7H. The highest BCUT2D eigenvalue weighted by Gasteiger charge is 2.16. The van der Waals surface area contributed by atoms with Crippen LogP contribution in [0, 0.1) is 21.4 Å². The van der Waals surface area contributed by atoms with Crippen molar-refractivity contribution in [3.8, 4) is 17.6 Å². The molecular weight excluding hydrogens is 314 g/mol. The third kappa shape index (κ3) is 3.05. The minimum absolute atomic E-state index is 0.111. The molecule has 19 heavy (non-hydrogen) atoms. The van der Waals surface area contributed by atoms with Gasteiger partial charge in [-0.1, -0.05) is 15.9 Å². The van der Waals surface area contributed by atoms with Crippen molar-refractivity contribution >= 4 is 21.6 Å². The Morgan fingerprint density at radius 2 is 2.16 bits per heavy atom. The van der Waals surface area contributed by atoms with Gasteiger partial charge in [-0.3, -0.25) is 10.1 Å². The molecule has 2 aromatic rings. The maximum atomic E-state index is 10.9. The van der Waals surface area contributed by atoms with E-state index in [9.17, 15) is 10.1 Å². The van der Waals surface area contributed by atoms with Gasteiger partial charge < -0.3 is 4.74 Å². The number of hydrogen-bond acceptors (Lipinski definition) is 5. The van der Waals surface area contributed by atoms with Gasteiger partial charge in [-0.05, 0) is 24.3 Å². The fourth-order valence-electron chi connectivity index (χ4n) is 1.35. The summed E-state index contributed by atoms with van der Waals surface area (Å²) in [5.41, 5.74) is 0.0939. The smallest absolute Gasteiger partial charge is 0.312 e. The van der Waals surface area contributed by atoms with E-state index in [4.69, 9.17) is 10.00 Å². The summed E-state index contributed by atoms with van der Waals surface area (Å²) in [7, 11) is 0. The number of benzene rings is 1. The summed E-state index contributed by atoms with van der Waals surface area (Å²) in [6, 6.07) is 9.35. The topological polar surface area (TPSA) is 89.0 Å². The second kappa shape index (κ2) is 5.46. The molecular formula is C12H6BrN3O3. The Bertz CT molecular complexity index is 665. The lowest BCUT2D eigenvalue weighted by molar-refractivity contribution is -0.385. The van der Waals surface area contributed by atoms with Crippen LogP contribution < -0.4 is 4.74 Å². The van der Waals surface area contributed by atoms with Crippen molar-refractivity contribution in [3.05, 3.63) is 56.8 Å². The van der Waals surface area contributed by atoms with Crippen LogP contribution in [-0.2, 0) is 0 Å². The maximum absolute atomic E-state index is 10.9. The largest absolute Gasteiger partial charge is 0.449 e. The zero-order chi connectivity index (χ0) is 13.8. The van der Waals surface area contributed by atoms with Crippen LogP contribution >= 0.6 is 15.9 Å². The highest BCUT2D eigenvalue weighted by Crippen LogP contribution is 2.33. The summed E-state index contributed by atoms with van der Waals surface area (Å²) in [5.74, 6) is 0.434. The second-order valence-corrected chi connectivity index (χ2v) is 4.38. The molecule has 7 heteroatoms. The van der Waals surface area contributed by atoms with Gasteiger partial charge >= 0.3 is 5.69 Å². The zero-order valence-corrected chi connectivity index (χ0v) is 11.0. The average Bonchev–Trinajstić information content (AvgIpc) is 2.41. The van der Waals surface area contributed by atoms with Crippen LogP contribution in [0.1, 0.15) is 5.69 Å². The van der Waals surface area contributed by atoms with Gasteiger partial charge in [-0.25, -0.2) is 4.98 Å². The molecule has 1 aromatic carbocycles. The Labute approximate surface area is 116 Å². The van der Waals surface area contributed by atoms with Crippen molar-refractivity contribution < 1.29 is 9.66 Å². The quantitative estimate of drug-likeness (QED) is 0.638. The highest BCUT2D eigenvalue weighted by atomic mass is 79.9. The first-order valence-electron chi connectivity index (χ1n) is 5.08. The molecule has 0 unspecified atom stereocenters. The molecule has 2 rings (SSSR count). The number of rotatable bonds is 3. The third-order valence-electron chi connectivity index (χ3n) is 2.20. The van der Waals surface area contributed by atoms with E-state index in [2.05, 4.69) is 20.9 Å². The normalized spacial score (nSPS) is 9.68. The van der Waals surface area contributed by atoms with Crippen LogP contribution in [-0.4, -0.2) is 9.91 Å². The van der Waals surface area contributed by atoms with Crippen LogP contribution in [0.4, 0.5) is 5.69 Å². The maximum Gasteiger partial charge on any atom is 0.312 e. The molecule has 0 radical (unpaired) electrons. The van der Waals surface area contributed by atoms with Crippen molar-refractivity contribution in [2.24, 2.45) is 0 Å². The molecule has 0 aliphatic carbocycles. The summed E-state index contributed by atoms with van der Waals surface area (Å²) >= 11 is 3.16. The number of nitro benzene ring substituents is 1. The van der Waals surface area contributed by atoms with E-state index in [1.54, 1.807) is 6.07 Å². The summed E-state index contributed by atoms with van der Waals surface area (Å²) in [6.45, 7) is 0. The van der Waals surface area contributed by atoms with Crippen LogP contribution in [0.3, 0.4) is 0 Å². The molecule has 0 atom stereocenters. The molecule has 0 amide bonds.